The molecule has 0 aliphatic rings. The first-order valence-corrected chi connectivity index (χ1v) is 9.49. The maximum absolute atomic E-state index is 4.33. The van der Waals surface area contributed by atoms with Gasteiger partial charge in [-0.25, -0.2) is 0 Å². The Balaban J connectivity index is 0. The normalized spacial score (nSPS) is 12.4. The fourth-order valence-electron chi connectivity index (χ4n) is 1.56. The zero-order chi connectivity index (χ0) is 12.8. The molecule has 0 amide bonds. The molecule has 0 saturated carbocycles. The van der Waals surface area contributed by atoms with Crippen LogP contribution < -0.4 is 18.9 Å². The van der Waals surface area contributed by atoms with Crippen LogP contribution >= 0.6 is 0 Å². The summed E-state index contributed by atoms with van der Waals surface area (Å²) >= 11 is 0. The second kappa shape index (κ2) is 9.60. The average Bonchev–Trinajstić information content (AvgIpc) is 2.07. The molecular weight excluding hydrogens is 221 g/mol. The fraction of sp³-hybridized carbons (Fsp3) is 0.917. The van der Waals surface area contributed by atoms with Gasteiger partial charge in [-0.15, -0.1) is 0 Å². The predicted octanol–water partition coefficient (Wildman–Crippen LogP) is -1.96. The van der Waals surface area contributed by atoms with E-state index in [1.807, 2.05) is 0 Å². The molecule has 0 rings (SSSR count). The molecule has 3 nitrogen and oxygen atoms in total. The molecule has 0 heterocycles. The summed E-state index contributed by atoms with van der Waals surface area (Å²) in [4.78, 5) is 7.07. The van der Waals surface area contributed by atoms with Crippen molar-refractivity contribution in [3.8, 4) is 0 Å². The van der Waals surface area contributed by atoms with Crippen molar-refractivity contribution in [1.29, 1.82) is 0 Å². The summed E-state index contributed by atoms with van der Waals surface area (Å²) in [6.45, 7) is 13.6. The van der Waals surface area contributed by atoms with Gasteiger partial charge >= 0.3 is 18.9 Å². The van der Waals surface area contributed by atoms with Gasteiger partial charge in [-0.05, 0) is 34.4 Å². The Labute approximate surface area is 122 Å². The Morgan fingerprint density at radius 1 is 0.824 bits per heavy atom. The van der Waals surface area contributed by atoms with Crippen molar-refractivity contribution in [2.75, 3.05) is 60.5 Å². The van der Waals surface area contributed by atoms with E-state index in [1.165, 1.54) is 6.17 Å². The predicted molar refractivity (Wildman–Crippen MR) is 76.4 cm³/mol. The fourth-order valence-corrected chi connectivity index (χ4v) is 3.08. The molecule has 0 saturated heterocycles. The first kappa shape index (κ1) is 20.0. The van der Waals surface area contributed by atoms with E-state index in [0.717, 1.165) is 26.2 Å². The molecular formula is C12H30LiN3Si. The Bertz CT molecular complexity index is 169. The summed E-state index contributed by atoms with van der Waals surface area (Å²) in [5, 5.41) is 0. The molecule has 0 atom stereocenters. The topological polar surface area (TPSA) is 9.72 Å². The number of hydrogen-bond acceptors (Lipinski definition) is 3. The van der Waals surface area contributed by atoms with E-state index in [2.05, 4.69) is 62.5 Å². The molecule has 0 bridgehead atoms. The van der Waals surface area contributed by atoms with E-state index < -0.39 is 8.07 Å². The third-order valence-corrected chi connectivity index (χ3v) is 3.68. The van der Waals surface area contributed by atoms with Gasteiger partial charge in [0.1, 0.15) is 0 Å². The van der Waals surface area contributed by atoms with Crippen LogP contribution in [0.2, 0.25) is 13.1 Å². The minimum atomic E-state index is -1.23. The van der Waals surface area contributed by atoms with E-state index in [4.69, 9.17) is 0 Å². The van der Waals surface area contributed by atoms with Gasteiger partial charge < -0.3 is 21.2 Å². The maximum Gasteiger partial charge on any atom is 1.00 e. The van der Waals surface area contributed by atoms with Gasteiger partial charge in [-0.2, -0.15) is 0 Å². The van der Waals surface area contributed by atoms with Crippen molar-refractivity contribution in [3.05, 3.63) is 6.55 Å². The average molecular weight is 251 g/mol. The monoisotopic (exact) mass is 251 g/mol. The van der Waals surface area contributed by atoms with Crippen LogP contribution in [0.1, 0.15) is 0 Å². The molecule has 0 fully saturated rings. The van der Waals surface area contributed by atoms with Crippen LogP contribution in [0.25, 0.3) is 0 Å². The molecule has 0 aromatic rings. The van der Waals surface area contributed by atoms with Crippen molar-refractivity contribution in [2.24, 2.45) is 0 Å². The molecule has 0 radical (unpaired) electrons. The largest absolute Gasteiger partial charge is 1.00 e. The summed E-state index contributed by atoms with van der Waals surface area (Å²) in [6.07, 6.45) is 1.20. The molecule has 0 aromatic carbocycles. The van der Waals surface area contributed by atoms with Gasteiger partial charge in [0.25, 0.3) is 0 Å². The van der Waals surface area contributed by atoms with Crippen LogP contribution in [0, 0.1) is 6.55 Å². The Kier molecular flexibility index (Phi) is 11.3. The van der Waals surface area contributed by atoms with E-state index in [-0.39, 0.29) is 18.9 Å². The summed E-state index contributed by atoms with van der Waals surface area (Å²) < 4.78 is 0. The number of nitrogens with zero attached hydrogens (tertiary/aromatic N) is 3. The van der Waals surface area contributed by atoms with Crippen molar-refractivity contribution in [1.82, 2.24) is 14.7 Å². The molecule has 0 aromatic heterocycles. The summed E-state index contributed by atoms with van der Waals surface area (Å²) in [5.74, 6) is 0. The zero-order valence-electron chi connectivity index (χ0n) is 13.1. The standard InChI is InChI=1S/C12H30N3Si.Li/c1-13(2)8-10-15(11-9-14(3)4)12-16(5,6)7;/h5,8-12H2,1-4,6-7H3;/q-1;+1. The van der Waals surface area contributed by atoms with Crippen molar-refractivity contribution < 1.29 is 18.9 Å². The molecule has 98 valence electrons. The molecule has 0 aliphatic heterocycles. The quantitative estimate of drug-likeness (QED) is 0.366. The minimum Gasteiger partial charge on any atom is -0.341 e. The van der Waals surface area contributed by atoms with Crippen molar-refractivity contribution >= 4 is 8.07 Å². The number of likely N-dealkylation sites (N-methyl/N-ethyl adjacent to an activating group) is 2. The molecule has 0 aliphatic carbocycles. The van der Waals surface area contributed by atoms with Crippen LogP contribution in [0.15, 0.2) is 0 Å². The third kappa shape index (κ3) is 14.6. The Morgan fingerprint density at radius 2 is 1.18 bits per heavy atom. The first-order chi connectivity index (χ1) is 7.20. The molecule has 17 heavy (non-hydrogen) atoms. The summed E-state index contributed by atoms with van der Waals surface area (Å²) in [7, 11) is 7.32. The summed E-state index contributed by atoms with van der Waals surface area (Å²) in [5.41, 5.74) is 0. The Hall–Kier alpha value is 0.694. The number of hydrogen-bond donors (Lipinski definition) is 0. The van der Waals surface area contributed by atoms with Gasteiger partial charge in [0.15, 0.2) is 0 Å². The van der Waals surface area contributed by atoms with Crippen LogP contribution in [-0.2, 0) is 0 Å². The smallest absolute Gasteiger partial charge is 0.341 e. The van der Waals surface area contributed by atoms with Gasteiger partial charge in [0.05, 0.1) is 0 Å². The second-order valence-corrected chi connectivity index (χ2v) is 10.7. The zero-order valence-corrected chi connectivity index (χ0v) is 14.1. The molecule has 5 heteroatoms. The third-order valence-electron chi connectivity index (χ3n) is 2.38. The van der Waals surface area contributed by atoms with Crippen LogP contribution in [0.5, 0.6) is 0 Å². The van der Waals surface area contributed by atoms with E-state index in [0.29, 0.717) is 0 Å². The number of rotatable bonds is 8. The van der Waals surface area contributed by atoms with Crippen LogP contribution in [-0.4, -0.2) is 83.3 Å². The maximum atomic E-state index is 4.33. The van der Waals surface area contributed by atoms with Gasteiger partial charge in [-0.1, -0.05) is 21.2 Å². The van der Waals surface area contributed by atoms with Gasteiger partial charge in [-0.3, -0.25) is 0 Å². The van der Waals surface area contributed by atoms with Gasteiger partial charge in [0, 0.05) is 26.2 Å². The SMILES string of the molecule is [CH2-][Si](C)(C)CN(CCN(C)C)CCN(C)C.[Li+]. The minimum absolute atomic E-state index is 0. The van der Waals surface area contributed by atoms with Crippen molar-refractivity contribution in [3.63, 3.8) is 0 Å². The summed E-state index contributed by atoms with van der Waals surface area (Å²) in [6, 6.07) is 0. The molecule has 0 spiro atoms. The van der Waals surface area contributed by atoms with E-state index in [1.54, 1.807) is 0 Å². The Morgan fingerprint density at radius 3 is 1.41 bits per heavy atom. The van der Waals surface area contributed by atoms with E-state index in [9.17, 15) is 0 Å². The van der Waals surface area contributed by atoms with Crippen LogP contribution in [0.3, 0.4) is 0 Å². The first-order valence-electron chi connectivity index (χ1n) is 6.08. The van der Waals surface area contributed by atoms with E-state index >= 15 is 0 Å². The second-order valence-electron chi connectivity index (χ2n) is 6.05. The molecule has 0 N–H and O–H groups in total. The molecule has 0 unspecified atom stereocenters. The van der Waals surface area contributed by atoms with Crippen LogP contribution in [0.4, 0.5) is 0 Å². The van der Waals surface area contributed by atoms with Gasteiger partial charge in [0.2, 0.25) is 0 Å². The van der Waals surface area contributed by atoms with Crippen molar-refractivity contribution in [2.45, 2.75) is 13.1 Å².